The molecule has 0 bridgehead atoms. The van der Waals surface area contributed by atoms with E-state index in [0.29, 0.717) is 5.92 Å². The first-order valence-electron chi connectivity index (χ1n) is 8.56. The zero-order chi connectivity index (χ0) is 17.2. The summed E-state index contributed by atoms with van der Waals surface area (Å²) in [6.07, 6.45) is 0.779. The van der Waals surface area contributed by atoms with Crippen LogP contribution < -0.4 is 0 Å². The van der Waals surface area contributed by atoms with Crippen LogP contribution in [0.2, 0.25) is 0 Å². The van der Waals surface area contributed by atoms with E-state index in [1.807, 2.05) is 31.7 Å². The minimum absolute atomic E-state index is 0.204. The molecule has 1 aliphatic rings. The third-order valence-electron chi connectivity index (χ3n) is 4.31. The highest BCUT2D eigenvalue weighted by atomic mass is 16.6. The smallest absolute Gasteiger partial charge is 0.410 e. The fourth-order valence-electron chi connectivity index (χ4n) is 3.13. The normalized spacial score (nSPS) is 17.8. The third kappa shape index (κ3) is 3.97. The molecule has 0 radical (unpaired) electrons. The maximum Gasteiger partial charge on any atom is 0.410 e. The second kappa shape index (κ2) is 6.68. The molecule has 0 saturated carbocycles. The van der Waals surface area contributed by atoms with Gasteiger partial charge in [-0.1, -0.05) is 54.6 Å². The Kier molecular flexibility index (Phi) is 4.61. The van der Waals surface area contributed by atoms with Gasteiger partial charge < -0.3 is 9.64 Å². The predicted molar refractivity (Wildman–Crippen MR) is 97.0 cm³/mol. The molecular formula is C21H25NO2. The maximum atomic E-state index is 12.2. The Morgan fingerprint density at radius 3 is 2.46 bits per heavy atom. The summed E-state index contributed by atoms with van der Waals surface area (Å²) < 4.78 is 5.49. The number of ether oxygens (including phenoxy) is 1. The standard InChI is InChI=1S/C21H25NO2/c1-21(2,3)24-20(23)22-13-12-19(15-22)18-11-7-10-17(14-18)16-8-5-4-6-9-16/h4-11,14,19H,12-13,15H2,1-3H3. The van der Waals surface area contributed by atoms with Gasteiger partial charge in [-0.05, 0) is 43.9 Å². The molecule has 3 rings (SSSR count). The minimum atomic E-state index is -0.442. The zero-order valence-electron chi connectivity index (χ0n) is 14.7. The molecule has 1 unspecified atom stereocenters. The molecular weight excluding hydrogens is 298 g/mol. The van der Waals surface area contributed by atoms with Crippen LogP contribution in [0.4, 0.5) is 4.79 Å². The fourth-order valence-corrected chi connectivity index (χ4v) is 3.13. The van der Waals surface area contributed by atoms with E-state index in [9.17, 15) is 4.79 Å². The first-order valence-corrected chi connectivity index (χ1v) is 8.56. The van der Waals surface area contributed by atoms with Gasteiger partial charge in [0.15, 0.2) is 0 Å². The molecule has 1 atom stereocenters. The zero-order valence-corrected chi connectivity index (χ0v) is 14.7. The van der Waals surface area contributed by atoms with Gasteiger partial charge in [0.1, 0.15) is 5.60 Å². The van der Waals surface area contributed by atoms with Crippen molar-refractivity contribution in [2.75, 3.05) is 13.1 Å². The highest BCUT2D eigenvalue weighted by molar-refractivity contribution is 5.69. The molecule has 1 saturated heterocycles. The topological polar surface area (TPSA) is 29.5 Å². The van der Waals surface area contributed by atoms with E-state index in [2.05, 4.69) is 48.5 Å². The molecule has 24 heavy (non-hydrogen) atoms. The number of carbonyl (C=O) groups excluding carboxylic acids is 1. The van der Waals surface area contributed by atoms with Gasteiger partial charge in [0, 0.05) is 19.0 Å². The van der Waals surface area contributed by atoms with Crippen LogP contribution in [-0.4, -0.2) is 29.7 Å². The number of nitrogens with zero attached hydrogens (tertiary/aromatic N) is 1. The Balaban J connectivity index is 1.71. The summed E-state index contributed by atoms with van der Waals surface area (Å²) in [5, 5.41) is 0. The van der Waals surface area contributed by atoms with Gasteiger partial charge in [-0.3, -0.25) is 0 Å². The lowest BCUT2D eigenvalue weighted by atomic mass is 9.94. The number of hydrogen-bond acceptors (Lipinski definition) is 2. The molecule has 0 aliphatic carbocycles. The minimum Gasteiger partial charge on any atom is -0.444 e. The van der Waals surface area contributed by atoms with Crippen LogP contribution in [0.25, 0.3) is 11.1 Å². The lowest BCUT2D eigenvalue weighted by Crippen LogP contribution is -2.35. The number of benzene rings is 2. The Morgan fingerprint density at radius 1 is 1.04 bits per heavy atom. The Hall–Kier alpha value is -2.29. The van der Waals surface area contributed by atoms with Gasteiger partial charge in [-0.15, -0.1) is 0 Å². The molecule has 1 heterocycles. The first kappa shape index (κ1) is 16.6. The van der Waals surface area contributed by atoms with Crippen molar-refractivity contribution in [1.82, 2.24) is 4.90 Å². The van der Waals surface area contributed by atoms with E-state index in [1.165, 1.54) is 16.7 Å². The lowest BCUT2D eigenvalue weighted by Gasteiger charge is -2.24. The summed E-state index contributed by atoms with van der Waals surface area (Å²) in [5.41, 5.74) is 3.30. The quantitative estimate of drug-likeness (QED) is 0.771. The molecule has 0 spiro atoms. The van der Waals surface area contributed by atoms with Crippen molar-refractivity contribution < 1.29 is 9.53 Å². The number of hydrogen-bond donors (Lipinski definition) is 0. The van der Waals surface area contributed by atoms with Crippen LogP contribution in [-0.2, 0) is 4.74 Å². The second-order valence-electron chi connectivity index (χ2n) is 7.40. The fraction of sp³-hybridized carbons (Fsp3) is 0.381. The molecule has 126 valence electrons. The molecule has 1 amide bonds. The van der Waals surface area contributed by atoms with E-state index in [1.54, 1.807) is 0 Å². The van der Waals surface area contributed by atoms with Gasteiger partial charge in [-0.2, -0.15) is 0 Å². The third-order valence-corrected chi connectivity index (χ3v) is 4.31. The van der Waals surface area contributed by atoms with Crippen LogP contribution in [0.5, 0.6) is 0 Å². The molecule has 0 aromatic heterocycles. The summed E-state index contributed by atoms with van der Waals surface area (Å²) in [6.45, 7) is 7.20. The van der Waals surface area contributed by atoms with Crippen molar-refractivity contribution in [3.63, 3.8) is 0 Å². The van der Waals surface area contributed by atoms with E-state index in [0.717, 1.165) is 19.5 Å². The molecule has 2 aromatic carbocycles. The summed E-state index contributed by atoms with van der Waals surface area (Å²) in [5.74, 6) is 0.376. The number of carbonyl (C=O) groups is 1. The van der Waals surface area contributed by atoms with Crippen molar-refractivity contribution in [2.45, 2.75) is 38.7 Å². The van der Waals surface area contributed by atoms with Crippen molar-refractivity contribution in [2.24, 2.45) is 0 Å². The second-order valence-corrected chi connectivity index (χ2v) is 7.40. The van der Waals surface area contributed by atoms with Crippen molar-refractivity contribution >= 4 is 6.09 Å². The highest BCUT2D eigenvalue weighted by Crippen LogP contribution is 2.31. The largest absolute Gasteiger partial charge is 0.444 e. The maximum absolute atomic E-state index is 12.2. The van der Waals surface area contributed by atoms with E-state index >= 15 is 0 Å². The van der Waals surface area contributed by atoms with Crippen LogP contribution in [0.3, 0.4) is 0 Å². The van der Waals surface area contributed by atoms with Crippen LogP contribution >= 0.6 is 0 Å². The number of amides is 1. The van der Waals surface area contributed by atoms with E-state index in [-0.39, 0.29) is 6.09 Å². The van der Waals surface area contributed by atoms with E-state index < -0.39 is 5.60 Å². The average molecular weight is 323 g/mol. The molecule has 1 aliphatic heterocycles. The number of likely N-dealkylation sites (tertiary alicyclic amines) is 1. The molecule has 2 aromatic rings. The van der Waals surface area contributed by atoms with Gasteiger partial charge in [0.2, 0.25) is 0 Å². The molecule has 1 fully saturated rings. The Labute approximate surface area is 144 Å². The van der Waals surface area contributed by atoms with Gasteiger partial charge in [0.25, 0.3) is 0 Å². The Morgan fingerprint density at radius 2 is 1.75 bits per heavy atom. The predicted octanol–water partition coefficient (Wildman–Crippen LogP) is 5.08. The van der Waals surface area contributed by atoms with Gasteiger partial charge in [0.05, 0.1) is 0 Å². The lowest BCUT2D eigenvalue weighted by molar-refractivity contribution is 0.0292. The summed E-state index contributed by atoms with van der Waals surface area (Å²) in [6, 6.07) is 19.1. The SMILES string of the molecule is CC(C)(C)OC(=O)N1CCC(c2cccc(-c3ccccc3)c2)C1. The van der Waals surface area contributed by atoms with Crippen LogP contribution in [0, 0.1) is 0 Å². The highest BCUT2D eigenvalue weighted by Gasteiger charge is 2.30. The summed E-state index contributed by atoms with van der Waals surface area (Å²) in [7, 11) is 0. The Bertz CT molecular complexity index is 703. The molecule has 0 N–H and O–H groups in total. The van der Waals surface area contributed by atoms with Crippen molar-refractivity contribution in [1.29, 1.82) is 0 Å². The monoisotopic (exact) mass is 323 g/mol. The van der Waals surface area contributed by atoms with Crippen molar-refractivity contribution in [3.8, 4) is 11.1 Å². The van der Waals surface area contributed by atoms with E-state index in [4.69, 9.17) is 4.74 Å². The van der Waals surface area contributed by atoms with Crippen LogP contribution in [0.1, 0.15) is 38.7 Å². The van der Waals surface area contributed by atoms with Crippen molar-refractivity contribution in [3.05, 3.63) is 60.2 Å². The summed E-state index contributed by atoms with van der Waals surface area (Å²) >= 11 is 0. The average Bonchev–Trinajstić information content (AvgIpc) is 3.04. The van der Waals surface area contributed by atoms with Crippen LogP contribution in [0.15, 0.2) is 54.6 Å². The number of rotatable bonds is 2. The van der Waals surface area contributed by atoms with Gasteiger partial charge in [-0.25, -0.2) is 4.79 Å². The summed E-state index contributed by atoms with van der Waals surface area (Å²) in [4.78, 5) is 14.1. The first-order chi connectivity index (χ1) is 11.4. The molecule has 3 heteroatoms. The van der Waals surface area contributed by atoms with Gasteiger partial charge >= 0.3 is 6.09 Å². The molecule has 3 nitrogen and oxygen atoms in total.